The van der Waals surface area contributed by atoms with Crippen molar-refractivity contribution in [1.29, 1.82) is 0 Å². The Morgan fingerprint density at radius 1 is 0.833 bits per heavy atom. The molecule has 0 saturated carbocycles. The van der Waals surface area contributed by atoms with E-state index in [0.29, 0.717) is 0 Å². The number of aryl methyl sites for hydroxylation is 1. The zero-order chi connectivity index (χ0) is 28.7. The Bertz CT molecular complexity index is 1380. The molecule has 0 bridgehead atoms. The van der Waals surface area contributed by atoms with Crippen LogP contribution in [-0.2, 0) is 0 Å². The molecule has 6 heteroatoms. The van der Waals surface area contributed by atoms with E-state index in [9.17, 15) is 4.79 Å². The maximum absolute atomic E-state index is 13.1. The average Bonchev–Trinajstić information content (AvgIpc) is 3.45. The SMILES string of the molecule is Cc1cc2cc3c(cc2cc1OCCCCCCCCCN1CCN(c2ccccc2)CC1)N=C[C@@H]1CCCN1C3=O. The van der Waals surface area contributed by atoms with Crippen molar-refractivity contribution in [3.05, 3.63) is 65.7 Å². The fourth-order valence-electron chi connectivity index (χ4n) is 6.76. The first-order chi connectivity index (χ1) is 20.7. The van der Waals surface area contributed by atoms with Gasteiger partial charge in [-0.05, 0) is 91.9 Å². The van der Waals surface area contributed by atoms with Crippen LogP contribution in [0.25, 0.3) is 10.8 Å². The van der Waals surface area contributed by atoms with Crippen LogP contribution in [0.2, 0.25) is 0 Å². The van der Waals surface area contributed by atoms with Gasteiger partial charge in [-0.15, -0.1) is 0 Å². The number of ether oxygens (including phenoxy) is 1. The molecule has 0 aromatic heterocycles. The van der Waals surface area contributed by atoms with E-state index in [2.05, 4.69) is 65.3 Å². The monoisotopic (exact) mass is 566 g/mol. The Kier molecular flexibility index (Phi) is 9.39. The fraction of sp³-hybridized carbons (Fsp3) is 0.500. The molecule has 2 fully saturated rings. The van der Waals surface area contributed by atoms with Crippen molar-refractivity contribution in [2.75, 3.05) is 50.8 Å². The van der Waals surface area contributed by atoms with Crippen LogP contribution in [0.1, 0.15) is 73.7 Å². The summed E-state index contributed by atoms with van der Waals surface area (Å²) in [5.74, 6) is 1.05. The van der Waals surface area contributed by atoms with Gasteiger partial charge in [-0.3, -0.25) is 14.7 Å². The summed E-state index contributed by atoms with van der Waals surface area (Å²) < 4.78 is 6.22. The highest BCUT2D eigenvalue weighted by Gasteiger charge is 2.31. The number of piperazine rings is 1. The molecular formula is C36H46N4O2. The number of amides is 1. The minimum Gasteiger partial charge on any atom is -0.493 e. The number of fused-ring (bicyclic) bond motifs is 3. The number of hydrogen-bond donors (Lipinski definition) is 0. The molecule has 0 spiro atoms. The van der Waals surface area contributed by atoms with E-state index in [1.165, 1.54) is 63.8 Å². The first-order valence-corrected chi connectivity index (χ1v) is 16.2. The van der Waals surface area contributed by atoms with E-state index in [0.717, 1.165) is 78.8 Å². The molecule has 2 saturated heterocycles. The number of hydrogen-bond acceptors (Lipinski definition) is 5. The molecule has 6 nitrogen and oxygen atoms in total. The molecule has 0 N–H and O–H groups in total. The van der Waals surface area contributed by atoms with Gasteiger partial charge in [0, 0.05) is 44.6 Å². The summed E-state index contributed by atoms with van der Waals surface area (Å²) >= 11 is 0. The number of carbonyl (C=O) groups is 1. The molecule has 1 amide bonds. The normalized spacial score (nSPS) is 18.8. The third-order valence-electron chi connectivity index (χ3n) is 9.29. The minimum absolute atomic E-state index is 0.113. The van der Waals surface area contributed by atoms with E-state index in [1.54, 1.807) is 0 Å². The number of para-hydroxylation sites is 1. The molecule has 3 heterocycles. The van der Waals surface area contributed by atoms with Gasteiger partial charge in [0.05, 0.1) is 23.9 Å². The zero-order valence-electron chi connectivity index (χ0n) is 25.3. The Balaban J connectivity index is 0.870. The number of carbonyl (C=O) groups excluding carboxylic acids is 1. The lowest BCUT2D eigenvalue weighted by molar-refractivity contribution is 0.0775. The first kappa shape index (κ1) is 28.7. The van der Waals surface area contributed by atoms with Gasteiger partial charge in [0.2, 0.25) is 0 Å². The van der Waals surface area contributed by atoms with Gasteiger partial charge in [0.1, 0.15) is 5.75 Å². The van der Waals surface area contributed by atoms with Crippen LogP contribution in [0.5, 0.6) is 5.75 Å². The van der Waals surface area contributed by atoms with Crippen molar-refractivity contribution in [2.45, 2.75) is 70.8 Å². The van der Waals surface area contributed by atoms with E-state index in [4.69, 9.17) is 9.73 Å². The highest BCUT2D eigenvalue weighted by atomic mass is 16.5. The van der Waals surface area contributed by atoms with Gasteiger partial charge in [0.25, 0.3) is 5.91 Å². The van der Waals surface area contributed by atoms with Crippen molar-refractivity contribution in [3.8, 4) is 5.75 Å². The maximum atomic E-state index is 13.1. The van der Waals surface area contributed by atoms with Crippen LogP contribution in [0.3, 0.4) is 0 Å². The van der Waals surface area contributed by atoms with E-state index in [-0.39, 0.29) is 11.9 Å². The van der Waals surface area contributed by atoms with Crippen LogP contribution < -0.4 is 9.64 Å². The summed E-state index contributed by atoms with van der Waals surface area (Å²) in [7, 11) is 0. The first-order valence-electron chi connectivity index (χ1n) is 16.2. The van der Waals surface area contributed by atoms with Crippen molar-refractivity contribution in [3.63, 3.8) is 0 Å². The van der Waals surface area contributed by atoms with Gasteiger partial charge < -0.3 is 14.5 Å². The Morgan fingerprint density at radius 2 is 1.57 bits per heavy atom. The minimum atomic E-state index is 0.113. The van der Waals surface area contributed by atoms with Crippen LogP contribution in [0, 0.1) is 6.92 Å². The van der Waals surface area contributed by atoms with Crippen LogP contribution in [-0.4, -0.2) is 73.8 Å². The number of rotatable bonds is 12. The maximum Gasteiger partial charge on any atom is 0.256 e. The highest BCUT2D eigenvalue weighted by molar-refractivity contribution is 6.06. The second kappa shape index (κ2) is 13.7. The molecule has 3 aliphatic rings. The smallest absolute Gasteiger partial charge is 0.256 e. The number of anilines is 1. The van der Waals surface area contributed by atoms with Gasteiger partial charge in [-0.2, -0.15) is 0 Å². The van der Waals surface area contributed by atoms with Crippen LogP contribution in [0.4, 0.5) is 11.4 Å². The molecule has 222 valence electrons. The molecule has 3 aliphatic heterocycles. The lowest BCUT2D eigenvalue weighted by Crippen LogP contribution is -2.46. The predicted molar refractivity (Wildman–Crippen MR) is 174 cm³/mol. The molecule has 0 radical (unpaired) electrons. The average molecular weight is 567 g/mol. The third kappa shape index (κ3) is 6.81. The molecule has 3 aromatic carbocycles. The topological polar surface area (TPSA) is 48.4 Å². The summed E-state index contributed by atoms with van der Waals surface area (Å²) in [6, 6.07) is 19.3. The van der Waals surface area contributed by atoms with E-state index < -0.39 is 0 Å². The van der Waals surface area contributed by atoms with Crippen LogP contribution in [0.15, 0.2) is 59.6 Å². The quantitative estimate of drug-likeness (QED) is 0.214. The van der Waals surface area contributed by atoms with Gasteiger partial charge in [0.15, 0.2) is 0 Å². The third-order valence-corrected chi connectivity index (χ3v) is 9.29. The number of unbranched alkanes of at least 4 members (excludes halogenated alkanes) is 6. The molecular weight excluding hydrogens is 520 g/mol. The fourth-order valence-corrected chi connectivity index (χ4v) is 6.76. The molecule has 42 heavy (non-hydrogen) atoms. The standard InChI is InChI=1S/C36H46N4O2/c1-28-23-29-24-33-34(37-27-32-15-12-17-40(32)36(33)41)25-30(29)26-35(28)42-22-11-6-4-2-3-5-10-16-38-18-20-39(21-19-38)31-13-8-7-9-14-31/h7-9,13-14,23-27,32H,2-6,10-12,15-22H2,1H3/t32-/m0/s1. The predicted octanol–water partition coefficient (Wildman–Crippen LogP) is 7.40. The van der Waals surface area contributed by atoms with Gasteiger partial charge in [-0.25, -0.2) is 0 Å². The summed E-state index contributed by atoms with van der Waals surface area (Å²) in [5, 5.41) is 2.16. The Hall–Kier alpha value is -3.38. The summed E-state index contributed by atoms with van der Waals surface area (Å²) in [4.78, 5) is 25.0. The second-order valence-corrected chi connectivity index (χ2v) is 12.3. The molecule has 6 rings (SSSR count). The molecule has 1 atom stereocenters. The van der Waals surface area contributed by atoms with Crippen molar-refractivity contribution >= 4 is 34.3 Å². The van der Waals surface area contributed by atoms with E-state index in [1.807, 2.05) is 17.2 Å². The second-order valence-electron chi connectivity index (χ2n) is 12.3. The molecule has 0 aliphatic carbocycles. The Morgan fingerprint density at radius 3 is 2.38 bits per heavy atom. The van der Waals surface area contributed by atoms with Gasteiger partial charge >= 0.3 is 0 Å². The summed E-state index contributed by atoms with van der Waals surface area (Å²) in [6.45, 7) is 9.56. The van der Waals surface area contributed by atoms with Crippen molar-refractivity contribution in [1.82, 2.24) is 9.80 Å². The molecule has 0 unspecified atom stereocenters. The molecule has 3 aromatic rings. The van der Waals surface area contributed by atoms with Crippen LogP contribution >= 0.6 is 0 Å². The van der Waals surface area contributed by atoms with Crippen molar-refractivity contribution in [2.24, 2.45) is 4.99 Å². The Labute approximate surface area is 251 Å². The summed E-state index contributed by atoms with van der Waals surface area (Å²) in [6.07, 6.45) is 12.9. The lowest BCUT2D eigenvalue weighted by Gasteiger charge is -2.36. The van der Waals surface area contributed by atoms with Gasteiger partial charge in [-0.1, -0.05) is 50.3 Å². The number of aliphatic imine (C=N–C) groups is 1. The number of nitrogens with zero attached hydrogens (tertiary/aromatic N) is 4. The largest absolute Gasteiger partial charge is 0.493 e. The zero-order valence-corrected chi connectivity index (χ0v) is 25.3. The lowest BCUT2D eigenvalue weighted by atomic mass is 10.0. The van der Waals surface area contributed by atoms with E-state index >= 15 is 0 Å². The summed E-state index contributed by atoms with van der Waals surface area (Å²) in [5.41, 5.74) is 3.98. The highest BCUT2D eigenvalue weighted by Crippen LogP contribution is 2.35. The van der Waals surface area contributed by atoms with Crippen molar-refractivity contribution < 1.29 is 9.53 Å². The number of benzene rings is 3.